The minimum Gasteiger partial charge on any atom is -0.395 e. The van der Waals surface area contributed by atoms with Gasteiger partial charge in [0.15, 0.2) is 0 Å². The molecule has 0 aliphatic carbocycles. The van der Waals surface area contributed by atoms with E-state index in [0.29, 0.717) is 31.8 Å². The van der Waals surface area contributed by atoms with Gasteiger partial charge in [-0.1, -0.05) is 18.2 Å². The Kier molecular flexibility index (Phi) is 7.69. The van der Waals surface area contributed by atoms with Crippen molar-refractivity contribution in [2.75, 3.05) is 40.1 Å². The summed E-state index contributed by atoms with van der Waals surface area (Å²) in [5.41, 5.74) is -0.683. The topological polar surface area (TPSA) is 58.9 Å². The summed E-state index contributed by atoms with van der Waals surface area (Å²) in [4.78, 5) is 0. The predicted octanol–water partition coefficient (Wildman–Crippen LogP) is 1.49. The van der Waals surface area contributed by atoms with E-state index in [2.05, 4.69) is 0 Å². The van der Waals surface area contributed by atoms with E-state index in [1.807, 2.05) is 0 Å². The molecular weight excluding hydrogens is 263 g/mol. The zero-order valence-electron chi connectivity index (χ0n) is 11.8. The minimum absolute atomic E-state index is 0.325. The second kappa shape index (κ2) is 9.02. The van der Waals surface area contributed by atoms with Gasteiger partial charge in [-0.25, -0.2) is 4.39 Å². The van der Waals surface area contributed by atoms with Gasteiger partial charge in [-0.15, -0.1) is 0 Å². The summed E-state index contributed by atoms with van der Waals surface area (Å²) in [5.74, 6) is -0.421. The Morgan fingerprint density at radius 1 is 1.10 bits per heavy atom. The van der Waals surface area contributed by atoms with Crippen molar-refractivity contribution in [2.45, 2.75) is 18.3 Å². The van der Waals surface area contributed by atoms with Crippen LogP contribution in [0.25, 0.3) is 0 Å². The van der Waals surface area contributed by atoms with Crippen LogP contribution in [-0.4, -0.2) is 50.4 Å². The highest BCUT2D eigenvalue weighted by molar-refractivity contribution is 5.27. The normalized spacial score (nSPS) is 11.8. The number of aliphatic hydroxyl groups excluding tert-OH is 2. The molecule has 0 amide bonds. The fourth-order valence-electron chi connectivity index (χ4n) is 2.08. The largest absolute Gasteiger partial charge is 0.395 e. The highest BCUT2D eigenvalue weighted by Crippen LogP contribution is 2.29. The number of benzene rings is 1. The monoisotopic (exact) mass is 286 g/mol. The molecule has 0 aliphatic rings. The second-order valence-corrected chi connectivity index (χ2v) is 4.79. The lowest BCUT2D eigenvalue weighted by Crippen LogP contribution is -2.37. The molecule has 1 rings (SSSR count). The maximum atomic E-state index is 13.9. The molecule has 2 N–H and O–H groups in total. The van der Waals surface area contributed by atoms with E-state index in [1.54, 1.807) is 25.3 Å². The molecule has 0 aliphatic heterocycles. The standard InChI is InChI=1S/C15H23FO4/c1-19-8-4-9-20-10-7-15(11-17,12-18)13-5-2-3-6-14(13)16/h2-3,5-6,17-18H,4,7-12H2,1H3. The Hall–Kier alpha value is -1.01. The van der Waals surface area contributed by atoms with Crippen molar-refractivity contribution in [3.8, 4) is 0 Å². The zero-order valence-corrected chi connectivity index (χ0v) is 11.8. The molecule has 0 atom stereocenters. The molecule has 0 heterocycles. The number of halogens is 1. The number of methoxy groups -OCH3 is 1. The molecule has 0 unspecified atom stereocenters. The molecule has 0 saturated heterocycles. The molecule has 0 aromatic heterocycles. The van der Waals surface area contributed by atoms with Crippen molar-refractivity contribution in [1.29, 1.82) is 0 Å². The van der Waals surface area contributed by atoms with Crippen molar-refractivity contribution < 1.29 is 24.1 Å². The number of hydrogen-bond acceptors (Lipinski definition) is 4. The van der Waals surface area contributed by atoms with Crippen molar-refractivity contribution in [2.24, 2.45) is 0 Å². The molecule has 114 valence electrons. The number of aliphatic hydroxyl groups is 2. The molecule has 4 nitrogen and oxygen atoms in total. The van der Waals surface area contributed by atoms with Gasteiger partial charge in [0.05, 0.1) is 13.2 Å². The highest BCUT2D eigenvalue weighted by Gasteiger charge is 2.33. The van der Waals surface area contributed by atoms with Gasteiger partial charge in [0.2, 0.25) is 0 Å². The van der Waals surface area contributed by atoms with E-state index in [9.17, 15) is 14.6 Å². The van der Waals surface area contributed by atoms with Gasteiger partial charge in [0.25, 0.3) is 0 Å². The molecule has 1 aromatic carbocycles. The highest BCUT2D eigenvalue weighted by atomic mass is 19.1. The van der Waals surface area contributed by atoms with Gasteiger partial charge >= 0.3 is 0 Å². The molecule has 0 saturated carbocycles. The maximum Gasteiger partial charge on any atom is 0.127 e. The van der Waals surface area contributed by atoms with Crippen LogP contribution in [-0.2, 0) is 14.9 Å². The van der Waals surface area contributed by atoms with Crippen LogP contribution >= 0.6 is 0 Å². The van der Waals surface area contributed by atoms with Gasteiger partial charge in [-0.05, 0) is 24.5 Å². The van der Waals surface area contributed by atoms with E-state index in [0.717, 1.165) is 6.42 Å². The molecule has 0 radical (unpaired) electrons. The number of ether oxygens (including phenoxy) is 2. The van der Waals surface area contributed by atoms with Crippen molar-refractivity contribution in [1.82, 2.24) is 0 Å². The van der Waals surface area contributed by atoms with E-state index in [-0.39, 0.29) is 13.2 Å². The second-order valence-electron chi connectivity index (χ2n) is 4.79. The van der Waals surface area contributed by atoms with Crippen LogP contribution in [0.1, 0.15) is 18.4 Å². The first kappa shape index (κ1) is 17.0. The van der Waals surface area contributed by atoms with Crippen LogP contribution in [0.4, 0.5) is 4.39 Å². The summed E-state index contributed by atoms with van der Waals surface area (Å²) in [7, 11) is 1.63. The van der Waals surface area contributed by atoms with Crippen LogP contribution in [0.2, 0.25) is 0 Å². The molecule has 0 bridgehead atoms. The van der Waals surface area contributed by atoms with Gasteiger partial charge in [-0.3, -0.25) is 0 Å². The van der Waals surface area contributed by atoms with E-state index in [4.69, 9.17) is 9.47 Å². The Morgan fingerprint density at radius 3 is 2.40 bits per heavy atom. The van der Waals surface area contributed by atoms with Gasteiger partial charge in [0.1, 0.15) is 5.82 Å². The van der Waals surface area contributed by atoms with Crippen LogP contribution in [0.3, 0.4) is 0 Å². The lowest BCUT2D eigenvalue weighted by molar-refractivity contribution is 0.0533. The summed E-state index contributed by atoms with van der Waals surface area (Å²) in [6.45, 7) is 0.855. The van der Waals surface area contributed by atoms with Gasteiger partial charge in [-0.2, -0.15) is 0 Å². The Labute approximate surface area is 119 Å². The fourth-order valence-corrected chi connectivity index (χ4v) is 2.08. The number of hydrogen-bond donors (Lipinski definition) is 2. The molecule has 20 heavy (non-hydrogen) atoms. The SMILES string of the molecule is COCCCOCCC(CO)(CO)c1ccccc1F. The first-order valence-electron chi connectivity index (χ1n) is 6.73. The zero-order chi connectivity index (χ0) is 14.8. The average molecular weight is 286 g/mol. The fraction of sp³-hybridized carbons (Fsp3) is 0.600. The van der Waals surface area contributed by atoms with Crippen molar-refractivity contribution >= 4 is 0 Å². The van der Waals surface area contributed by atoms with Gasteiger partial charge in [0, 0.05) is 32.3 Å². The summed E-state index contributed by atoms with van der Waals surface area (Å²) < 4.78 is 24.2. The van der Waals surface area contributed by atoms with Crippen LogP contribution < -0.4 is 0 Å². The first-order chi connectivity index (χ1) is 9.70. The average Bonchev–Trinajstić information content (AvgIpc) is 2.48. The molecule has 1 aromatic rings. The minimum atomic E-state index is -1.01. The molecule has 5 heteroatoms. The quantitative estimate of drug-likeness (QED) is 0.640. The van der Waals surface area contributed by atoms with Gasteiger partial charge < -0.3 is 19.7 Å². The summed E-state index contributed by atoms with van der Waals surface area (Å²) in [6, 6.07) is 6.19. The predicted molar refractivity (Wildman–Crippen MR) is 74.2 cm³/mol. The van der Waals surface area contributed by atoms with E-state index >= 15 is 0 Å². The van der Waals surface area contributed by atoms with Crippen LogP contribution in [0.5, 0.6) is 0 Å². The molecule has 0 spiro atoms. The Bertz CT molecular complexity index is 380. The van der Waals surface area contributed by atoms with E-state index < -0.39 is 11.2 Å². The summed E-state index contributed by atoms with van der Waals surface area (Å²) in [5, 5.41) is 19.2. The van der Waals surface area contributed by atoms with Crippen LogP contribution in [0.15, 0.2) is 24.3 Å². The maximum absolute atomic E-state index is 13.9. The lowest BCUT2D eigenvalue weighted by atomic mass is 9.79. The van der Waals surface area contributed by atoms with Crippen molar-refractivity contribution in [3.63, 3.8) is 0 Å². The Morgan fingerprint density at radius 2 is 1.80 bits per heavy atom. The lowest BCUT2D eigenvalue weighted by Gasteiger charge is -2.30. The molecular formula is C15H23FO4. The smallest absolute Gasteiger partial charge is 0.127 e. The first-order valence-corrected chi connectivity index (χ1v) is 6.73. The third-order valence-electron chi connectivity index (χ3n) is 3.41. The Balaban J connectivity index is 2.61. The van der Waals surface area contributed by atoms with Crippen molar-refractivity contribution in [3.05, 3.63) is 35.6 Å². The number of rotatable bonds is 10. The third-order valence-corrected chi connectivity index (χ3v) is 3.41. The summed E-state index contributed by atoms with van der Waals surface area (Å²) >= 11 is 0. The van der Waals surface area contributed by atoms with Crippen LogP contribution in [0, 0.1) is 5.82 Å². The molecule has 0 fully saturated rings. The summed E-state index contributed by atoms with van der Waals surface area (Å²) in [6.07, 6.45) is 1.13. The third kappa shape index (κ3) is 4.52. The van der Waals surface area contributed by atoms with E-state index in [1.165, 1.54) is 6.07 Å².